The molecular weight excluding hydrogens is 147 g/mol. The third kappa shape index (κ3) is 1.88. The fourth-order valence-corrected chi connectivity index (χ4v) is 0.765. The number of hydrogen-bond acceptors (Lipinski definition) is 3. The molecule has 11 heavy (non-hydrogen) atoms. The van der Waals surface area contributed by atoms with Crippen molar-refractivity contribution in [1.29, 1.82) is 0 Å². The van der Waals surface area contributed by atoms with Crippen LogP contribution in [0.4, 0.5) is 10.2 Å². The quantitative estimate of drug-likeness (QED) is 0.693. The van der Waals surface area contributed by atoms with Crippen LogP contribution in [0.1, 0.15) is 5.56 Å². The highest BCUT2D eigenvalue weighted by atomic mass is 19.1. The zero-order chi connectivity index (χ0) is 8.27. The maximum atomic E-state index is 12.8. The van der Waals surface area contributed by atoms with Gasteiger partial charge in [-0.2, -0.15) is 0 Å². The van der Waals surface area contributed by atoms with Crippen LogP contribution < -0.4 is 5.73 Å². The average Bonchev–Trinajstić information content (AvgIpc) is 1.98. The summed E-state index contributed by atoms with van der Waals surface area (Å²) in [7, 11) is 1.50. The first-order chi connectivity index (χ1) is 5.24. The van der Waals surface area contributed by atoms with E-state index in [4.69, 9.17) is 10.5 Å². The number of nitrogens with two attached hydrogens (primary N) is 1. The number of ether oxygens (including phenoxy) is 1. The number of methoxy groups -OCH3 is 1. The third-order valence-corrected chi connectivity index (χ3v) is 1.26. The van der Waals surface area contributed by atoms with Crippen LogP contribution in [0.3, 0.4) is 0 Å². The zero-order valence-corrected chi connectivity index (χ0v) is 6.17. The Morgan fingerprint density at radius 2 is 2.45 bits per heavy atom. The maximum Gasteiger partial charge on any atom is 0.147 e. The maximum absolute atomic E-state index is 12.8. The summed E-state index contributed by atoms with van der Waals surface area (Å²) in [5, 5.41) is 0. The van der Waals surface area contributed by atoms with Crippen molar-refractivity contribution in [3.05, 3.63) is 23.6 Å². The summed E-state index contributed by atoms with van der Waals surface area (Å²) in [4.78, 5) is 3.57. The lowest BCUT2D eigenvalue weighted by atomic mass is 10.2. The van der Waals surface area contributed by atoms with E-state index in [0.717, 1.165) is 6.20 Å². The zero-order valence-electron chi connectivity index (χ0n) is 6.17. The Kier molecular flexibility index (Phi) is 2.38. The number of nitrogens with zero attached hydrogens (tertiary/aromatic N) is 1. The number of rotatable bonds is 2. The topological polar surface area (TPSA) is 48.1 Å². The largest absolute Gasteiger partial charge is 0.384 e. The third-order valence-electron chi connectivity index (χ3n) is 1.26. The standard InChI is InChI=1S/C7H9FN2O/c1-11-4-5-2-7(9)10-3-6(5)8/h2-3H,4H2,1H3,(H2,9,10). The van der Waals surface area contributed by atoms with Crippen LogP contribution in [-0.2, 0) is 11.3 Å². The van der Waals surface area contributed by atoms with E-state index in [1.54, 1.807) is 0 Å². The Balaban J connectivity index is 2.93. The Labute approximate surface area is 64.0 Å². The van der Waals surface area contributed by atoms with Gasteiger partial charge in [0.05, 0.1) is 12.8 Å². The van der Waals surface area contributed by atoms with Crippen LogP contribution in [0.2, 0.25) is 0 Å². The van der Waals surface area contributed by atoms with Gasteiger partial charge in [0.25, 0.3) is 0 Å². The predicted octanol–water partition coefficient (Wildman–Crippen LogP) is 0.949. The van der Waals surface area contributed by atoms with E-state index >= 15 is 0 Å². The van der Waals surface area contributed by atoms with Crippen molar-refractivity contribution < 1.29 is 9.13 Å². The molecule has 0 atom stereocenters. The number of anilines is 1. The number of pyridine rings is 1. The highest BCUT2D eigenvalue weighted by Crippen LogP contribution is 2.09. The van der Waals surface area contributed by atoms with E-state index in [-0.39, 0.29) is 12.4 Å². The van der Waals surface area contributed by atoms with Gasteiger partial charge in [0, 0.05) is 12.7 Å². The van der Waals surface area contributed by atoms with Crippen molar-refractivity contribution >= 4 is 5.82 Å². The predicted molar refractivity (Wildman–Crippen MR) is 39.3 cm³/mol. The Morgan fingerprint density at radius 3 is 3.09 bits per heavy atom. The van der Waals surface area contributed by atoms with E-state index in [1.807, 2.05) is 0 Å². The molecule has 0 aliphatic heterocycles. The van der Waals surface area contributed by atoms with E-state index in [2.05, 4.69) is 4.98 Å². The fourth-order valence-electron chi connectivity index (χ4n) is 0.765. The number of aromatic nitrogens is 1. The molecule has 0 amide bonds. The molecular formula is C7H9FN2O. The molecule has 0 aliphatic rings. The van der Waals surface area contributed by atoms with Gasteiger partial charge in [0.15, 0.2) is 0 Å². The average molecular weight is 156 g/mol. The summed E-state index contributed by atoms with van der Waals surface area (Å²) in [5.74, 6) is -0.0838. The van der Waals surface area contributed by atoms with E-state index < -0.39 is 0 Å². The second-order valence-electron chi connectivity index (χ2n) is 2.13. The molecule has 0 spiro atoms. The minimum Gasteiger partial charge on any atom is -0.384 e. The minimum atomic E-state index is -0.388. The molecule has 3 nitrogen and oxygen atoms in total. The molecule has 0 radical (unpaired) electrons. The Morgan fingerprint density at radius 1 is 1.73 bits per heavy atom. The Hall–Kier alpha value is -1.16. The number of halogens is 1. The van der Waals surface area contributed by atoms with Gasteiger partial charge in [-0.15, -0.1) is 0 Å². The van der Waals surface area contributed by atoms with Crippen LogP contribution in [0.15, 0.2) is 12.3 Å². The molecule has 0 aromatic carbocycles. The van der Waals surface area contributed by atoms with E-state index in [1.165, 1.54) is 13.2 Å². The van der Waals surface area contributed by atoms with Gasteiger partial charge in [0.2, 0.25) is 0 Å². The molecule has 0 fully saturated rings. The number of nitrogen functional groups attached to an aromatic ring is 1. The lowest BCUT2D eigenvalue weighted by Crippen LogP contribution is -1.97. The molecule has 1 heterocycles. The van der Waals surface area contributed by atoms with Gasteiger partial charge in [-0.3, -0.25) is 0 Å². The van der Waals surface area contributed by atoms with Gasteiger partial charge in [-0.25, -0.2) is 9.37 Å². The Bertz CT molecular complexity index is 252. The van der Waals surface area contributed by atoms with Gasteiger partial charge >= 0.3 is 0 Å². The van der Waals surface area contributed by atoms with Crippen LogP contribution in [-0.4, -0.2) is 12.1 Å². The summed E-state index contributed by atoms with van der Waals surface area (Å²) in [6.45, 7) is 0.221. The second kappa shape index (κ2) is 3.30. The lowest BCUT2D eigenvalue weighted by molar-refractivity contribution is 0.181. The molecule has 0 unspecified atom stereocenters. The summed E-state index contributed by atoms with van der Waals surface area (Å²) >= 11 is 0. The molecule has 0 saturated heterocycles. The normalized spacial score (nSPS) is 10.0. The number of hydrogen-bond donors (Lipinski definition) is 1. The van der Waals surface area contributed by atoms with Crippen molar-refractivity contribution in [1.82, 2.24) is 4.98 Å². The van der Waals surface area contributed by atoms with Crippen molar-refractivity contribution in [2.45, 2.75) is 6.61 Å². The summed E-state index contributed by atoms with van der Waals surface area (Å²) in [5.41, 5.74) is 5.75. The second-order valence-corrected chi connectivity index (χ2v) is 2.13. The first kappa shape index (κ1) is 7.94. The first-order valence-electron chi connectivity index (χ1n) is 3.13. The molecule has 0 aliphatic carbocycles. The molecule has 1 aromatic heterocycles. The van der Waals surface area contributed by atoms with Crippen molar-refractivity contribution in [3.63, 3.8) is 0 Å². The van der Waals surface area contributed by atoms with Gasteiger partial charge in [-0.05, 0) is 6.07 Å². The smallest absolute Gasteiger partial charge is 0.147 e. The van der Waals surface area contributed by atoms with E-state index in [9.17, 15) is 4.39 Å². The minimum absolute atomic E-state index is 0.221. The molecule has 1 aromatic rings. The molecule has 60 valence electrons. The van der Waals surface area contributed by atoms with Gasteiger partial charge in [-0.1, -0.05) is 0 Å². The fraction of sp³-hybridized carbons (Fsp3) is 0.286. The SMILES string of the molecule is COCc1cc(N)ncc1F. The van der Waals surface area contributed by atoms with Crippen LogP contribution >= 0.6 is 0 Å². The molecule has 4 heteroatoms. The summed E-state index contributed by atoms with van der Waals surface area (Å²) in [6, 6.07) is 1.46. The lowest BCUT2D eigenvalue weighted by Gasteiger charge is -2.00. The molecule has 2 N–H and O–H groups in total. The molecule has 1 rings (SSSR count). The van der Waals surface area contributed by atoms with Crippen molar-refractivity contribution in [2.75, 3.05) is 12.8 Å². The van der Waals surface area contributed by atoms with Crippen molar-refractivity contribution in [3.8, 4) is 0 Å². The van der Waals surface area contributed by atoms with Gasteiger partial charge in [0.1, 0.15) is 11.6 Å². The monoisotopic (exact) mass is 156 g/mol. The summed E-state index contributed by atoms with van der Waals surface area (Å²) in [6.07, 6.45) is 1.09. The van der Waals surface area contributed by atoms with Crippen LogP contribution in [0, 0.1) is 5.82 Å². The van der Waals surface area contributed by atoms with Crippen LogP contribution in [0.5, 0.6) is 0 Å². The van der Waals surface area contributed by atoms with Crippen molar-refractivity contribution in [2.24, 2.45) is 0 Å². The van der Waals surface area contributed by atoms with Crippen LogP contribution in [0.25, 0.3) is 0 Å². The highest BCUT2D eigenvalue weighted by Gasteiger charge is 2.01. The summed E-state index contributed by atoms with van der Waals surface area (Å²) < 4.78 is 17.5. The van der Waals surface area contributed by atoms with E-state index in [0.29, 0.717) is 11.4 Å². The highest BCUT2D eigenvalue weighted by molar-refractivity contribution is 5.32. The van der Waals surface area contributed by atoms with Gasteiger partial charge < -0.3 is 10.5 Å². The molecule has 0 bridgehead atoms. The molecule has 0 saturated carbocycles. The first-order valence-corrected chi connectivity index (χ1v) is 3.13.